The van der Waals surface area contributed by atoms with Gasteiger partial charge in [0, 0.05) is 44.9 Å². The summed E-state index contributed by atoms with van der Waals surface area (Å²) in [5, 5.41) is 3.90. The number of rotatable bonds is 4. The number of piperazine rings is 1. The fourth-order valence-corrected chi connectivity index (χ4v) is 3.71. The number of hydrogen-bond acceptors (Lipinski definition) is 8. The van der Waals surface area contributed by atoms with E-state index in [1.54, 1.807) is 36.2 Å². The Kier molecular flexibility index (Phi) is 4.73. The maximum absolute atomic E-state index is 12.8. The Labute approximate surface area is 176 Å². The molecule has 3 aromatic heterocycles. The molecule has 0 aliphatic carbocycles. The Morgan fingerprint density at radius 3 is 2.61 bits per heavy atom. The molecule has 1 aromatic carbocycles. The summed E-state index contributed by atoms with van der Waals surface area (Å²) in [5.74, 6) is 1.21. The van der Waals surface area contributed by atoms with Gasteiger partial charge in [-0.15, -0.1) is 0 Å². The molecule has 1 saturated heterocycles. The number of carbonyl (C=O) groups excluding carboxylic acids is 1. The average molecular weight is 420 g/mol. The van der Waals surface area contributed by atoms with E-state index in [-0.39, 0.29) is 12.5 Å². The lowest BCUT2D eigenvalue weighted by Crippen LogP contribution is -2.50. The molecule has 1 fully saturated rings. The lowest BCUT2D eigenvalue weighted by molar-refractivity contribution is -0.132. The molecule has 1 aliphatic rings. The molecule has 1 aliphatic heterocycles. The van der Waals surface area contributed by atoms with Crippen molar-refractivity contribution >= 4 is 22.8 Å². The summed E-state index contributed by atoms with van der Waals surface area (Å²) in [6, 6.07) is 10.9. The van der Waals surface area contributed by atoms with Crippen LogP contribution in [0.1, 0.15) is 5.89 Å². The van der Waals surface area contributed by atoms with Crippen LogP contribution in [0.2, 0.25) is 0 Å². The van der Waals surface area contributed by atoms with Crippen LogP contribution in [0.15, 0.2) is 56.3 Å². The van der Waals surface area contributed by atoms with Gasteiger partial charge in [0.2, 0.25) is 17.6 Å². The zero-order valence-electron chi connectivity index (χ0n) is 16.9. The first-order valence-corrected chi connectivity index (χ1v) is 9.96. The molecule has 0 saturated carbocycles. The number of aryl methyl sites for hydroxylation is 1. The second-order valence-corrected chi connectivity index (χ2v) is 7.33. The van der Waals surface area contributed by atoms with Crippen LogP contribution >= 0.6 is 0 Å². The fourth-order valence-electron chi connectivity index (χ4n) is 3.71. The van der Waals surface area contributed by atoms with Crippen molar-refractivity contribution in [3.63, 3.8) is 0 Å². The van der Waals surface area contributed by atoms with Crippen LogP contribution in [-0.2, 0) is 11.3 Å². The van der Waals surface area contributed by atoms with Crippen molar-refractivity contribution < 1.29 is 13.7 Å². The second kappa shape index (κ2) is 7.71. The number of amides is 1. The number of carbonyl (C=O) groups is 1. The summed E-state index contributed by atoms with van der Waals surface area (Å²) < 4.78 is 11.6. The van der Waals surface area contributed by atoms with Gasteiger partial charge in [-0.2, -0.15) is 4.98 Å². The van der Waals surface area contributed by atoms with Crippen molar-refractivity contribution in [2.24, 2.45) is 0 Å². The van der Waals surface area contributed by atoms with E-state index in [2.05, 4.69) is 20.0 Å². The van der Waals surface area contributed by atoms with Crippen molar-refractivity contribution in [1.82, 2.24) is 24.6 Å². The lowest BCUT2D eigenvalue weighted by atomic mass is 10.2. The third-order valence-corrected chi connectivity index (χ3v) is 5.36. The van der Waals surface area contributed by atoms with Crippen LogP contribution in [0.3, 0.4) is 0 Å². The van der Waals surface area contributed by atoms with E-state index in [0.717, 1.165) is 11.4 Å². The van der Waals surface area contributed by atoms with E-state index in [1.807, 2.05) is 18.2 Å². The van der Waals surface area contributed by atoms with Crippen molar-refractivity contribution in [2.45, 2.75) is 13.5 Å². The summed E-state index contributed by atoms with van der Waals surface area (Å²) in [6.45, 7) is 4.12. The number of aromatic nitrogens is 4. The molecular formula is C21H20N6O4. The predicted octanol–water partition coefficient (Wildman–Crippen LogP) is 1.70. The Morgan fingerprint density at radius 1 is 1.10 bits per heavy atom. The van der Waals surface area contributed by atoms with Crippen LogP contribution in [0.4, 0.5) is 5.82 Å². The fraction of sp³-hybridized carbons (Fsp3) is 0.286. The zero-order chi connectivity index (χ0) is 21.4. The Balaban J connectivity index is 1.22. The summed E-state index contributed by atoms with van der Waals surface area (Å²) in [7, 11) is 0. The van der Waals surface area contributed by atoms with Gasteiger partial charge in [-0.05, 0) is 24.3 Å². The van der Waals surface area contributed by atoms with E-state index >= 15 is 0 Å². The maximum atomic E-state index is 12.8. The number of anilines is 1. The summed E-state index contributed by atoms with van der Waals surface area (Å²) in [4.78, 5) is 37.5. The minimum Gasteiger partial charge on any atom is -0.408 e. The molecule has 5 rings (SSSR count). The number of para-hydroxylation sites is 2. The third kappa shape index (κ3) is 3.67. The molecule has 10 nitrogen and oxygen atoms in total. The van der Waals surface area contributed by atoms with Crippen LogP contribution in [0.25, 0.3) is 22.5 Å². The predicted molar refractivity (Wildman–Crippen MR) is 112 cm³/mol. The maximum Gasteiger partial charge on any atom is 0.420 e. The number of oxazole rings is 1. The number of nitrogens with zero attached hydrogens (tertiary/aromatic N) is 6. The van der Waals surface area contributed by atoms with E-state index in [1.165, 1.54) is 4.57 Å². The normalized spacial score (nSPS) is 14.4. The number of pyridine rings is 1. The molecule has 0 spiro atoms. The molecule has 0 radical (unpaired) electrons. The van der Waals surface area contributed by atoms with Gasteiger partial charge >= 0.3 is 5.76 Å². The van der Waals surface area contributed by atoms with Crippen molar-refractivity contribution in [2.75, 3.05) is 31.1 Å². The van der Waals surface area contributed by atoms with Crippen molar-refractivity contribution in [3.8, 4) is 11.4 Å². The summed E-state index contributed by atoms with van der Waals surface area (Å²) in [6.07, 6.45) is 1.72. The van der Waals surface area contributed by atoms with Crippen LogP contribution in [-0.4, -0.2) is 56.7 Å². The molecule has 0 unspecified atom stereocenters. The standard InChI is InChI=1S/C21H20N6O4/c1-14-23-20(24-31-14)15-6-7-18(22-12-15)25-8-10-26(11-9-25)19(28)13-27-16-4-2-3-5-17(16)30-21(27)29/h2-7,12H,8-11,13H2,1H3. The first kappa shape index (κ1) is 19.0. The third-order valence-electron chi connectivity index (χ3n) is 5.36. The van der Waals surface area contributed by atoms with Crippen LogP contribution < -0.4 is 10.7 Å². The highest BCUT2D eigenvalue weighted by atomic mass is 16.5. The van der Waals surface area contributed by atoms with Crippen LogP contribution in [0.5, 0.6) is 0 Å². The molecule has 1 amide bonds. The molecule has 4 heterocycles. The molecule has 158 valence electrons. The van der Waals surface area contributed by atoms with Gasteiger partial charge in [-0.25, -0.2) is 9.78 Å². The molecule has 4 aromatic rings. The Hall–Kier alpha value is -3.95. The Morgan fingerprint density at radius 2 is 1.90 bits per heavy atom. The first-order valence-electron chi connectivity index (χ1n) is 9.96. The van der Waals surface area contributed by atoms with Gasteiger partial charge in [-0.1, -0.05) is 17.3 Å². The average Bonchev–Trinajstić information content (AvgIpc) is 3.37. The largest absolute Gasteiger partial charge is 0.420 e. The molecule has 0 bridgehead atoms. The van der Waals surface area contributed by atoms with Gasteiger partial charge in [0.1, 0.15) is 12.4 Å². The highest BCUT2D eigenvalue weighted by Gasteiger charge is 2.23. The van der Waals surface area contributed by atoms with Gasteiger partial charge in [0.15, 0.2) is 5.58 Å². The quantitative estimate of drug-likeness (QED) is 0.491. The topological polar surface area (TPSA) is 111 Å². The minimum absolute atomic E-state index is 0.0348. The monoisotopic (exact) mass is 420 g/mol. The molecule has 10 heteroatoms. The zero-order valence-corrected chi connectivity index (χ0v) is 16.9. The molecule has 0 N–H and O–H groups in total. The molecule has 31 heavy (non-hydrogen) atoms. The summed E-state index contributed by atoms with van der Waals surface area (Å²) in [5.41, 5.74) is 1.89. The van der Waals surface area contributed by atoms with Crippen molar-refractivity contribution in [3.05, 3.63) is 59.0 Å². The molecule has 0 atom stereocenters. The minimum atomic E-state index is -0.519. The van der Waals surface area contributed by atoms with E-state index < -0.39 is 5.76 Å². The lowest BCUT2D eigenvalue weighted by Gasteiger charge is -2.35. The summed E-state index contributed by atoms with van der Waals surface area (Å²) >= 11 is 0. The second-order valence-electron chi connectivity index (χ2n) is 7.33. The highest BCUT2D eigenvalue weighted by molar-refractivity contribution is 5.79. The van der Waals surface area contributed by atoms with Gasteiger partial charge < -0.3 is 18.7 Å². The highest BCUT2D eigenvalue weighted by Crippen LogP contribution is 2.20. The van der Waals surface area contributed by atoms with Crippen molar-refractivity contribution in [1.29, 1.82) is 0 Å². The SMILES string of the molecule is Cc1nc(-c2ccc(N3CCN(C(=O)Cn4c(=O)oc5ccccc54)CC3)nc2)no1. The number of hydrogen-bond donors (Lipinski definition) is 0. The Bertz CT molecular complexity index is 1280. The first-order chi connectivity index (χ1) is 15.1. The van der Waals surface area contributed by atoms with Gasteiger partial charge in [0.25, 0.3) is 0 Å². The van der Waals surface area contributed by atoms with Gasteiger partial charge in [-0.3, -0.25) is 9.36 Å². The van der Waals surface area contributed by atoms with E-state index in [0.29, 0.717) is 49.0 Å². The van der Waals surface area contributed by atoms with E-state index in [4.69, 9.17) is 8.94 Å². The molecular weight excluding hydrogens is 400 g/mol. The number of fused-ring (bicyclic) bond motifs is 1. The van der Waals surface area contributed by atoms with Crippen LogP contribution in [0, 0.1) is 6.92 Å². The number of benzene rings is 1. The van der Waals surface area contributed by atoms with E-state index in [9.17, 15) is 9.59 Å². The smallest absolute Gasteiger partial charge is 0.408 e. The van der Waals surface area contributed by atoms with Gasteiger partial charge in [0.05, 0.1) is 5.52 Å².